The van der Waals surface area contributed by atoms with Crippen LogP contribution in [0.5, 0.6) is 0 Å². The lowest BCUT2D eigenvalue weighted by atomic mass is 9.44. The van der Waals surface area contributed by atoms with Crippen molar-refractivity contribution in [3.8, 4) is 36.0 Å². The van der Waals surface area contributed by atoms with Gasteiger partial charge in [-0.25, -0.2) is 0 Å². The zero-order valence-electron chi connectivity index (χ0n) is 16.4. The molecule has 4 aliphatic carbocycles. The van der Waals surface area contributed by atoms with Gasteiger partial charge in [0.2, 0.25) is 0 Å². The third-order valence-electron chi connectivity index (χ3n) is 9.08. The summed E-state index contributed by atoms with van der Waals surface area (Å²) in [6.07, 6.45) is 16.4. The quantitative estimate of drug-likeness (QED) is 0.632. The molecule has 5 unspecified atom stereocenters. The van der Waals surface area contributed by atoms with Crippen LogP contribution < -0.4 is 0 Å². The molecule has 8 atom stereocenters. The highest BCUT2D eigenvalue weighted by atomic mass is 16.3. The molecule has 0 aromatic carbocycles. The normalized spacial score (nSPS) is 49.2. The molecule has 0 bridgehead atoms. The van der Waals surface area contributed by atoms with E-state index in [1.807, 2.05) is 0 Å². The molecule has 0 spiro atoms. The number of aliphatic hydroxyl groups excluding tert-OH is 1. The van der Waals surface area contributed by atoms with Gasteiger partial charge in [0.1, 0.15) is 0 Å². The lowest BCUT2D eigenvalue weighted by Crippen LogP contribution is -2.53. The second-order valence-electron chi connectivity index (χ2n) is 9.92. The Labute approximate surface area is 159 Å². The predicted molar refractivity (Wildman–Crippen MR) is 106 cm³/mol. The highest BCUT2D eigenvalue weighted by Crippen LogP contribution is 2.67. The first kappa shape index (κ1) is 18.0. The van der Waals surface area contributed by atoms with E-state index >= 15 is 0 Å². The first-order valence-corrected chi connectivity index (χ1v) is 10.6. The second-order valence-corrected chi connectivity index (χ2v) is 9.92. The Hall–Kier alpha value is -1.36. The van der Waals surface area contributed by atoms with Crippen molar-refractivity contribution in [1.82, 2.24) is 0 Å². The SMILES string of the molecule is C#CC#CC#CC1CCC2C3CCC4C[C@@H](O)CC[C@]4(C)C3CC[C@]12C. The van der Waals surface area contributed by atoms with Crippen molar-refractivity contribution in [3.05, 3.63) is 0 Å². The van der Waals surface area contributed by atoms with Gasteiger partial charge in [-0.3, -0.25) is 0 Å². The minimum atomic E-state index is -0.0475. The summed E-state index contributed by atoms with van der Waals surface area (Å²) in [5.74, 6) is 18.1. The second kappa shape index (κ2) is 6.66. The van der Waals surface area contributed by atoms with Gasteiger partial charge in [-0.2, -0.15) is 0 Å². The van der Waals surface area contributed by atoms with Gasteiger partial charge in [-0.1, -0.05) is 19.8 Å². The Bertz CT molecular complexity index is 721. The van der Waals surface area contributed by atoms with Crippen LogP contribution in [0.25, 0.3) is 0 Å². The molecule has 0 heterocycles. The van der Waals surface area contributed by atoms with Crippen LogP contribution in [0.15, 0.2) is 0 Å². The van der Waals surface area contributed by atoms with Crippen LogP contribution in [0, 0.1) is 76.4 Å². The summed E-state index contributed by atoms with van der Waals surface area (Å²) in [5.41, 5.74) is 0.828. The Morgan fingerprint density at radius 1 is 0.846 bits per heavy atom. The van der Waals surface area contributed by atoms with E-state index in [-0.39, 0.29) is 6.10 Å². The number of hydrogen-bond donors (Lipinski definition) is 1. The largest absolute Gasteiger partial charge is 0.393 e. The molecule has 138 valence electrons. The zero-order valence-corrected chi connectivity index (χ0v) is 16.4. The van der Waals surface area contributed by atoms with Gasteiger partial charge in [-0.15, -0.1) is 6.42 Å². The van der Waals surface area contributed by atoms with E-state index in [4.69, 9.17) is 6.42 Å². The summed E-state index contributed by atoms with van der Waals surface area (Å²) >= 11 is 0. The molecule has 4 rings (SSSR count). The summed E-state index contributed by atoms with van der Waals surface area (Å²) in [4.78, 5) is 0. The van der Waals surface area contributed by atoms with Crippen LogP contribution in [0.1, 0.15) is 71.6 Å². The third-order valence-corrected chi connectivity index (χ3v) is 9.08. The van der Waals surface area contributed by atoms with Crippen LogP contribution in [-0.2, 0) is 0 Å². The van der Waals surface area contributed by atoms with Crippen LogP contribution in [-0.4, -0.2) is 11.2 Å². The summed E-state index contributed by atoms with van der Waals surface area (Å²) in [6, 6.07) is 0. The van der Waals surface area contributed by atoms with Gasteiger partial charge < -0.3 is 5.11 Å². The van der Waals surface area contributed by atoms with Crippen LogP contribution in [0.2, 0.25) is 0 Å². The number of hydrogen-bond acceptors (Lipinski definition) is 1. The molecule has 1 nitrogen and oxygen atoms in total. The minimum Gasteiger partial charge on any atom is -0.393 e. The van der Waals surface area contributed by atoms with Crippen molar-refractivity contribution >= 4 is 0 Å². The molecular formula is C25H32O. The summed E-state index contributed by atoms with van der Waals surface area (Å²) < 4.78 is 0. The molecular weight excluding hydrogens is 316 g/mol. The van der Waals surface area contributed by atoms with E-state index in [1.165, 1.54) is 44.9 Å². The van der Waals surface area contributed by atoms with E-state index < -0.39 is 0 Å². The molecule has 0 amide bonds. The van der Waals surface area contributed by atoms with Gasteiger partial charge in [0.15, 0.2) is 0 Å². The van der Waals surface area contributed by atoms with E-state index in [9.17, 15) is 5.11 Å². The van der Waals surface area contributed by atoms with Crippen LogP contribution >= 0.6 is 0 Å². The molecule has 0 saturated heterocycles. The monoisotopic (exact) mass is 348 g/mol. The van der Waals surface area contributed by atoms with Gasteiger partial charge in [0, 0.05) is 5.92 Å². The highest BCUT2D eigenvalue weighted by Gasteiger charge is 2.59. The maximum absolute atomic E-state index is 10.2. The van der Waals surface area contributed by atoms with Gasteiger partial charge >= 0.3 is 0 Å². The fourth-order valence-corrected chi connectivity index (χ4v) is 7.66. The molecule has 0 radical (unpaired) electrons. The van der Waals surface area contributed by atoms with Gasteiger partial charge in [-0.05, 0) is 116 Å². The number of rotatable bonds is 0. The van der Waals surface area contributed by atoms with E-state index in [0.29, 0.717) is 16.7 Å². The fraction of sp³-hybridized carbons (Fsp3) is 0.760. The maximum atomic E-state index is 10.2. The lowest BCUT2D eigenvalue weighted by molar-refractivity contribution is -0.124. The zero-order chi connectivity index (χ0) is 18.4. The topological polar surface area (TPSA) is 20.2 Å². The maximum Gasteiger partial charge on any atom is 0.0543 e. The average molecular weight is 349 g/mol. The minimum absolute atomic E-state index is 0.0475. The Morgan fingerprint density at radius 2 is 1.62 bits per heavy atom. The number of aliphatic hydroxyl groups is 1. The van der Waals surface area contributed by atoms with Crippen molar-refractivity contribution in [1.29, 1.82) is 0 Å². The van der Waals surface area contributed by atoms with Crippen LogP contribution in [0.3, 0.4) is 0 Å². The summed E-state index contributed by atoms with van der Waals surface area (Å²) in [7, 11) is 0. The Kier molecular flexibility index (Phi) is 4.62. The summed E-state index contributed by atoms with van der Waals surface area (Å²) in [5, 5.41) is 10.2. The smallest absolute Gasteiger partial charge is 0.0543 e. The van der Waals surface area contributed by atoms with Gasteiger partial charge in [0.25, 0.3) is 0 Å². The van der Waals surface area contributed by atoms with E-state index in [2.05, 4.69) is 43.4 Å². The van der Waals surface area contributed by atoms with Crippen molar-refractivity contribution in [2.75, 3.05) is 0 Å². The molecule has 1 heteroatoms. The molecule has 4 fully saturated rings. The Morgan fingerprint density at radius 3 is 2.42 bits per heavy atom. The first-order valence-electron chi connectivity index (χ1n) is 10.6. The van der Waals surface area contributed by atoms with E-state index in [1.54, 1.807) is 0 Å². The third kappa shape index (κ3) is 2.70. The van der Waals surface area contributed by atoms with Crippen molar-refractivity contribution in [3.63, 3.8) is 0 Å². The number of fused-ring (bicyclic) bond motifs is 5. The molecule has 26 heavy (non-hydrogen) atoms. The van der Waals surface area contributed by atoms with E-state index in [0.717, 1.165) is 36.5 Å². The molecule has 4 saturated carbocycles. The lowest BCUT2D eigenvalue weighted by Gasteiger charge is -2.60. The first-order chi connectivity index (χ1) is 12.5. The molecule has 4 aliphatic rings. The van der Waals surface area contributed by atoms with Crippen molar-refractivity contribution < 1.29 is 5.11 Å². The van der Waals surface area contributed by atoms with Crippen LogP contribution in [0.4, 0.5) is 0 Å². The van der Waals surface area contributed by atoms with Crippen molar-refractivity contribution in [2.45, 2.75) is 77.7 Å². The predicted octanol–water partition coefficient (Wildman–Crippen LogP) is 4.65. The van der Waals surface area contributed by atoms with Crippen molar-refractivity contribution in [2.24, 2.45) is 40.4 Å². The molecule has 0 aromatic heterocycles. The molecule has 0 aliphatic heterocycles. The number of terminal acetylenes is 1. The average Bonchev–Trinajstić information content (AvgIpc) is 2.96. The molecule has 1 N–H and O–H groups in total. The summed E-state index contributed by atoms with van der Waals surface area (Å²) in [6.45, 7) is 5.07. The highest BCUT2D eigenvalue weighted by molar-refractivity contribution is 5.35. The standard InChI is InChI=1S/C25H32O/c1-4-5-6-7-8-18-10-12-22-21-11-9-19-17-20(26)13-15-25(19,3)23(21)14-16-24(18,22)2/h1,18-23,26H,9-17H2,2-3H3/t18?,19?,20-,21?,22?,23?,24+,25-/m0/s1. The molecule has 0 aromatic rings. The Balaban J connectivity index is 1.56. The van der Waals surface area contributed by atoms with Gasteiger partial charge in [0.05, 0.1) is 6.10 Å². The fourth-order valence-electron chi connectivity index (χ4n) is 7.66.